The maximum atomic E-state index is 8.56. The first-order valence-corrected chi connectivity index (χ1v) is 2.44. The molecule has 0 unspecified atom stereocenters. The zero-order valence-electron chi connectivity index (χ0n) is 2.71. The van der Waals surface area contributed by atoms with E-state index in [9.17, 15) is 0 Å². The summed E-state index contributed by atoms with van der Waals surface area (Å²) in [6.07, 6.45) is -1.83. The van der Waals surface area contributed by atoms with Gasteiger partial charge in [0.15, 0.2) is 0 Å². The van der Waals surface area contributed by atoms with Gasteiger partial charge < -0.3 is 10.2 Å². The van der Waals surface area contributed by atoms with Crippen molar-refractivity contribution in [2.24, 2.45) is 0 Å². The number of hydrogen-bond donors (Lipinski definition) is 2. The third kappa shape index (κ3) is 15700. The van der Waals surface area contributed by atoms with Gasteiger partial charge in [-0.15, -0.1) is 0 Å². The summed E-state index contributed by atoms with van der Waals surface area (Å²) in [5.41, 5.74) is 0. The summed E-state index contributed by atoms with van der Waals surface area (Å²) in [5.74, 6) is 0. The molecular formula is CH3BiO4. The average molecular weight is 288 g/mol. The van der Waals surface area contributed by atoms with Gasteiger partial charge in [-0.25, -0.2) is 4.79 Å². The van der Waals surface area contributed by atoms with Crippen molar-refractivity contribution < 1.29 is 17.8 Å². The molecular weight excluding hydrogens is 285 g/mol. The molecule has 0 saturated carbocycles. The van der Waals surface area contributed by atoms with Crippen LogP contribution in [0.2, 0.25) is 0 Å². The molecule has 4 nitrogen and oxygen atoms in total. The van der Waals surface area contributed by atoms with E-state index in [0.29, 0.717) is 0 Å². The molecule has 0 aliphatic heterocycles. The van der Waals surface area contributed by atoms with Crippen molar-refractivity contribution in [1.82, 2.24) is 0 Å². The van der Waals surface area contributed by atoms with Crippen molar-refractivity contribution in [2.45, 2.75) is 0 Å². The summed E-state index contributed by atoms with van der Waals surface area (Å²) >= 11 is 0.0556. The van der Waals surface area contributed by atoms with E-state index in [0.717, 1.165) is 0 Å². The van der Waals surface area contributed by atoms with Crippen molar-refractivity contribution in [1.29, 1.82) is 0 Å². The van der Waals surface area contributed by atoms with Crippen LogP contribution in [0.25, 0.3) is 0 Å². The molecule has 0 atom stereocenters. The van der Waals surface area contributed by atoms with Gasteiger partial charge in [0.2, 0.25) is 0 Å². The molecule has 0 aromatic carbocycles. The first-order valence-electron chi connectivity index (χ1n) is 0.855. The summed E-state index contributed by atoms with van der Waals surface area (Å²) in [6, 6.07) is 0. The molecule has 6 heavy (non-hydrogen) atoms. The minimum absolute atomic E-state index is 0.0556. The SMILES string of the molecule is O=C(O)O.[O]=[BiH]. The van der Waals surface area contributed by atoms with Crippen LogP contribution in [-0.4, -0.2) is 41.1 Å². The van der Waals surface area contributed by atoms with Gasteiger partial charge in [-0.1, -0.05) is 0 Å². The molecule has 0 saturated heterocycles. The average Bonchev–Trinajstić information content (AvgIpc) is 1.41. The van der Waals surface area contributed by atoms with Crippen LogP contribution in [0.15, 0.2) is 0 Å². The molecule has 0 aromatic rings. The second kappa shape index (κ2) is 8.88. The predicted octanol–water partition coefficient (Wildman–Crippen LogP) is -0.545. The van der Waals surface area contributed by atoms with Gasteiger partial charge in [0.1, 0.15) is 0 Å². The van der Waals surface area contributed by atoms with Crippen LogP contribution >= 0.6 is 0 Å². The van der Waals surface area contributed by atoms with Gasteiger partial charge in [0, 0.05) is 0 Å². The van der Waals surface area contributed by atoms with Crippen molar-refractivity contribution in [3.05, 3.63) is 0 Å². The molecule has 0 amide bonds. The van der Waals surface area contributed by atoms with Crippen LogP contribution in [0.5, 0.6) is 0 Å². The Morgan fingerprint density at radius 2 is 1.33 bits per heavy atom. The molecule has 36 valence electrons. The maximum absolute atomic E-state index is 8.56. The van der Waals surface area contributed by atoms with Crippen LogP contribution < -0.4 is 0 Å². The van der Waals surface area contributed by atoms with E-state index in [4.69, 9.17) is 17.8 Å². The van der Waals surface area contributed by atoms with E-state index in [2.05, 4.69) is 0 Å². The molecule has 0 spiro atoms. The van der Waals surface area contributed by atoms with Gasteiger partial charge in [0.05, 0.1) is 0 Å². The van der Waals surface area contributed by atoms with Crippen LogP contribution in [0.1, 0.15) is 0 Å². The van der Waals surface area contributed by atoms with Crippen LogP contribution in [0, 0.1) is 0 Å². The zero-order chi connectivity index (χ0) is 5.58. The zero-order valence-corrected chi connectivity index (χ0v) is 6.60. The summed E-state index contributed by atoms with van der Waals surface area (Å²) < 4.78 is 8.39. The molecule has 2 N–H and O–H groups in total. The number of carboxylic acid groups (broad SMARTS) is 2. The molecule has 0 fully saturated rings. The van der Waals surface area contributed by atoms with E-state index in [1.807, 2.05) is 0 Å². The fourth-order valence-electron chi connectivity index (χ4n) is 0. The topological polar surface area (TPSA) is 74.6 Å². The molecule has 0 aliphatic rings. The van der Waals surface area contributed by atoms with Gasteiger partial charge in [-0.2, -0.15) is 0 Å². The van der Waals surface area contributed by atoms with Crippen LogP contribution in [-0.2, 0) is 2.81 Å². The Bertz CT molecular complexity index is 38.8. The Morgan fingerprint density at radius 1 is 1.33 bits per heavy atom. The van der Waals surface area contributed by atoms with Gasteiger partial charge in [-0.05, 0) is 0 Å². The molecule has 5 heteroatoms. The first kappa shape index (κ1) is 9.35. The third-order valence-electron chi connectivity index (χ3n) is 0. The Morgan fingerprint density at radius 3 is 1.33 bits per heavy atom. The molecule has 0 aromatic heterocycles. The minimum atomic E-state index is -1.83. The standard InChI is InChI=1S/CH2O3.Bi.O.H/c2-1(3)4;;;/h(H2,2,3,4);;;. The van der Waals surface area contributed by atoms with Crippen molar-refractivity contribution in [3.63, 3.8) is 0 Å². The van der Waals surface area contributed by atoms with E-state index in [1.54, 1.807) is 0 Å². The Kier molecular flexibility index (Phi) is 13.8. The second-order valence-electron chi connectivity index (χ2n) is 0.283. The normalized spacial score (nSPS) is 4.67. The van der Waals surface area contributed by atoms with Crippen molar-refractivity contribution >= 4 is 30.9 Å². The van der Waals surface area contributed by atoms with Crippen LogP contribution in [0.3, 0.4) is 0 Å². The third-order valence-corrected chi connectivity index (χ3v) is 0. The van der Waals surface area contributed by atoms with E-state index in [-0.39, 0.29) is 24.7 Å². The molecule has 0 heterocycles. The number of carbonyl (C=O) groups is 1. The second-order valence-corrected chi connectivity index (χ2v) is 0.283. The monoisotopic (exact) mass is 288 g/mol. The quantitative estimate of drug-likeness (QED) is 0.587. The summed E-state index contributed by atoms with van der Waals surface area (Å²) in [4.78, 5) is 8.56. The Balaban J connectivity index is 0. The van der Waals surface area contributed by atoms with Crippen molar-refractivity contribution in [2.75, 3.05) is 0 Å². The molecule has 0 bridgehead atoms. The first-order chi connectivity index (χ1) is 2.73. The van der Waals surface area contributed by atoms with Crippen LogP contribution in [0.4, 0.5) is 4.79 Å². The van der Waals surface area contributed by atoms with Crippen molar-refractivity contribution in [3.8, 4) is 0 Å². The van der Waals surface area contributed by atoms with Gasteiger partial charge >= 0.3 is 33.7 Å². The van der Waals surface area contributed by atoms with E-state index >= 15 is 0 Å². The number of rotatable bonds is 0. The molecule has 0 aliphatic carbocycles. The summed E-state index contributed by atoms with van der Waals surface area (Å²) in [7, 11) is 0. The Hall–Kier alpha value is -0.0469. The summed E-state index contributed by atoms with van der Waals surface area (Å²) in [5, 5.41) is 13.9. The van der Waals surface area contributed by atoms with E-state index in [1.165, 1.54) is 0 Å². The van der Waals surface area contributed by atoms with Gasteiger partial charge in [0.25, 0.3) is 0 Å². The predicted molar refractivity (Wildman–Crippen MR) is 18.5 cm³/mol. The van der Waals surface area contributed by atoms with Gasteiger partial charge in [-0.3, -0.25) is 0 Å². The Labute approximate surface area is 49.1 Å². The fourth-order valence-corrected chi connectivity index (χ4v) is 0. The molecule has 0 radical (unpaired) electrons. The summed E-state index contributed by atoms with van der Waals surface area (Å²) in [6.45, 7) is 0. The van der Waals surface area contributed by atoms with E-state index < -0.39 is 6.16 Å². The molecule has 0 rings (SSSR count). The number of hydrogen-bond acceptors (Lipinski definition) is 2. The fraction of sp³-hybridized carbons (Fsp3) is 0.